The van der Waals surface area contributed by atoms with Gasteiger partial charge in [-0.25, -0.2) is 0 Å². The summed E-state index contributed by atoms with van der Waals surface area (Å²) in [6, 6.07) is 0. The average molecular weight is 216 g/mol. The lowest BCUT2D eigenvalue weighted by atomic mass is 10.2. The molecule has 1 aliphatic rings. The van der Waals surface area contributed by atoms with Crippen LogP contribution in [-0.4, -0.2) is 73.4 Å². The van der Waals surface area contributed by atoms with Crippen LogP contribution in [0, 0.1) is 0 Å². The molecule has 0 aromatic carbocycles. The summed E-state index contributed by atoms with van der Waals surface area (Å²) in [4.78, 5) is 14.6. The Morgan fingerprint density at radius 2 is 2.40 bits per heavy atom. The number of ether oxygens (including phenoxy) is 1. The number of rotatable bonds is 5. The second-order valence-corrected chi connectivity index (χ2v) is 3.98. The van der Waals surface area contributed by atoms with Gasteiger partial charge in [0.25, 0.3) is 0 Å². The van der Waals surface area contributed by atoms with Gasteiger partial charge in [-0.15, -0.1) is 0 Å². The molecular weight excluding hydrogens is 196 g/mol. The lowest BCUT2D eigenvalue weighted by Crippen LogP contribution is -2.47. The highest BCUT2D eigenvalue weighted by Crippen LogP contribution is 2.05. The Bertz CT molecular complexity index is 211. The summed E-state index contributed by atoms with van der Waals surface area (Å²) in [6.07, 6.45) is 0.142. The lowest BCUT2D eigenvalue weighted by Gasteiger charge is -2.33. The van der Waals surface area contributed by atoms with Crippen LogP contribution in [0.3, 0.4) is 0 Å². The summed E-state index contributed by atoms with van der Waals surface area (Å²) in [5, 5.41) is 8.62. The van der Waals surface area contributed by atoms with Gasteiger partial charge in [0.1, 0.15) is 0 Å². The third-order valence-corrected chi connectivity index (χ3v) is 2.59. The van der Waals surface area contributed by atoms with E-state index < -0.39 is 5.97 Å². The summed E-state index contributed by atoms with van der Waals surface area (Å²) in [5.74, 6) is -0.791. The Morgan fingerprint density at radius 3 is 3.00 bits per heavy atom. The van der Waals surface area contributed by atoms with E-state index in [2.05, 4.69) is 11.8 Å². The molecule has 1 rings (SSSR count). The number of carboxylic acid groups (broad SMARTS) is 1. The van der Waals surface area contributed by atoms with E-state index in [9.17, 15) is 4.79 Å². The van der Waals surface area contributed by atoms with Crippen molar-refractivity contribution in [2.75, 3.05) is 46.4 Å². The van der Waals surface area contributed by atoms with Gasteiger partial charge in [-0.05, 0) is 13.6 Å². The van der Waals surface area contributed by atoms with Crippen LogP contribution >= 0.6 is 0 Å². The maximum atomic E-state index is 10.5. The number of likely N-dealkylation sites (N-methyl/N-ethyl adjacent to an activating group) is 2. The van der Waals surface area contributed by atoms with Crippen LogP contribution < -0.4 is 0 Å². The first-order valence-electron chi connectivity index (χ1n) is 5.36. The van der Waals surface area contributed by atoms with Crippen molar-refractivity contribution in [3.8, 4) is 0 Å². The molecule has 1 heterocycles. The molecule has 1 saturated heterocycles. The van der Waals surface area contributed by atoms with E-state index in [0.717, 1.165) is 26.2 Å². The highest BCUT2D eigenvalue weighted by molar-refractivity contribution is 5.68. The van der Waals surface area contributed by atoms with E-state index in [0.29, 0.717) is 6.54 Å². The van der Waals surface area contributed by atoms with Crippen LogP contribution in [-0.2, 0) is 9.53 Å². The first-order chi connectivity index (χ1) is 7.11. The molecule has 88 valence electrons. The zero-order valence-corrected chi connectivity index (χ0v) is 9.48. The van der Waals surface area contributed by atoms with Gasteiger partial charge in [-0.1, -0.05) is 6.92 Å². The first-order valence-corrected chi connectivity index (χ1v) is 5.36. The van der Waals surface area contributed by atoms with Gasteiger partial charge >= 0.3 is 5.97 Å². The summed E-state index contributed by atoms with van der Waals surface area (Å²) in [5.41, 5.74) is 0. The fourth-order valence-corrected chi connectivity index (χ4v) is 1.82. The molecule has 1 N–H and O–H groups in total. The van der Waals surface area contributed by atoms with Crippen molar-refractivity contribution in [1.82, 2.24) is 9.80 Å². The zero-order chi connectivity index (χ0) is 11.3. The number of morpholine rings is 1. The molecule has 0 saturated carbocycles. The third kappa shape index (κ3) is 4.59. The predicted molar refractivity (Wildman–Crippen MR) is 57.0 cm³/mol. The van der Waals surface area contributed by atoms with Gasteiger partial charge in [0.05, 0.1) is 19.3 Å². The third-order valence-electron chi connectivity index (χ3n) is 2.59. The van der Waals surface area contributed by atoms with E-state index in [1.165, 1.54) is 0 Å². The standard InChI is InChI=1S/C10H20N2O3/c1-3-12-4-5-15-9(7-12)6-11(2)8-10(13)14/h9H,3-8H2,1-2H3,(H,13,14). The van der Waals surface area contributed by atoms with E-state index in [-0.39, 0.29) is 12.6 Å². The van der Waals surface area contributed by atoms with Crippen molar-refractivity contribution in [3.05, 3.63) is 0 Å². The van der Waals surface area contributed by atoms with Crippen LogP contribution in [0.5, 0.6) is 0 Å². The number of nitrogens with zero attached hydrogens (tertiary/aromatic N) is 2. The Morgan fingerprint density at radius 1 is 1.67 bits per heavy atom. The predicted octanol–water partition coefficient (Wildman–Crippen LogP) is -0.276. The van der Waals surface area contributed by atoms with Gasteiger partial charge in [0, 0.05) is 19.6 Å². The quantitative estimate of drug-likeness (QED) is 0.685. The molecule has 1 fully saturated rings. The van der Waals surface area contributed by atoms with E-state index >= 15 is 0 Å². The molecule has 15 heavy (non-hydrogen) atoms. The normalized spacial score (nSPS) is 23.3. The summed E-state index contributed by atoms with van der Waals surface area (Å²) >= 11 is 0. The number of hydrogen-bond acceptors (Lipinski definition) is 4. The van der Waals surface area contributed by atoms with Crippen LogP contribution in [0.4, 0.5) is 0 Å². The second-order valence-electron chi connectivity index (χ2n) is 3.98. The molecule has 0 radical (unpaired) electrons. The first kappa shape index (κ1) is 12.4. The number of hydrogen-bond donors (Lipinski definition) is 1. The van der Waals surface area contributed by atoms with Gasteiger partial charge in [0.15, 0.2) is 0 Å². The van der Waals surface area contributed by atoms with Crippen LogP contribution in [0.15, 0.2) is 0 Å². The molecule has 1 atom stereocenters. The van der Waals surface area contributed by atoms with Crippen LogP contribution in [0.2, 0.25) is 0 Å². The van der Waals surface area contributed by atoms with E-state index in [1.54, 1.807) is 4.90 Å². The molecule has 0 spiro atoms. The molecule has 0 amide bonds. The SMILES string of the molecule is CCN1CCOC(CN(C)CC(=O)O)C1. The molecule has 5 heteroatoms. The average Bonchev–Trinajstić information content (AvgIpc) is 2.16. The van der Waals surface area contributed by atoms with Crippen LogP contribution in [0.1, 0.15) is 6.92 Å². The van der Waals surface area contributed by atoms with Gasteiger partial charge in [0.2, 0.25) is 0 Å². The maximum absolute atomic E-state index is 10.5. The van der Waals surface area contributed by atoms with Gasteiger partial charge in [-0.2, -0.15) is 0 Å². The van der Waals surface area contributed by atoms with Crippen molar-refractivity contribution in [3.63, 3.8) is 0 Å². The molecule has 0 aromatic rings. The summed E-state index contributed by atoms with van der Waals surface area (Å²) in [7, 11) is 1.81. The molecule has 1 unspecified atom stereocenters. The minimum Gasteiger partial charge on any atom is -0.480 e. The Labute approximate surface area is 90.6 Å². The van der Waals surface area contributed by atoms with Crippen molar-refractivity contribution in [2.45, 2.75) is 13.0 Å². The molecule has 1 aliphatic heterocycles. The molecular formula is C10H20N2O3. The molecule has 5 nitrogen and oxygen atoms in total. The Balaban J connectivity index is 2.27. The van der Waals surface area contributed by atoms with Crippen LogP contribution in [0.25, 0.3) is 0 Å². The summed E-state index contributed by atoms with van der Waals surface area (Å²) in [6.45, 7) is 6.55. The largest absolute Gasteiger partial charge is 0.480 e. The molecule has 0 aromatic heterocycles. The smallest absolute Gasteiger partial charge is 0.317 e. The minimum atomic E-state index is -0.791. The lowest BCUT2D eigenvalue weighted by molar-refractivity contribution is -0.138. The van der Waals surface area contributed by atoms with E-state index in [1.807, 2.05) is 7.05 Å². The number of carbonyl (C=O) groups is 1. The van der Waals surface area contributed by atoms with Crippen molar-refractivity contribution in [2.24, 2.45) is 0 Å². The van der Waals surface area contributed by atoms with Gasteiger partial charge in [-0.3, -0.25) is 14.6 Å². The topological polar surface area (TPSA) is 53.0 Å². The maximum Gasteiger partial charge on any atom is 0.317 e. The van der Waals surface area contributed by atoms with Crippen molar-refractivity contribution < 1.29 is 14.6 Å². The van der Waals surface area contributed by atoms with E-state index in [4.69, 9.17) is 9.84 Å². The fourth-order valence-electron chi connectivity index (χ4n) is 1.82. The summed E-state index contributed by atoms with van der Waals surface area (Å²) < 4.78 is 5.59. The van der Waals surface area contributed by atoms with Crippen molar-refractivity contribution in [1.29, 1.82) is 0 Å². The Hall–Kier alpha value is -0.650. The van der Waals surface area contributed by atoms with Gasteiger partial charge < -0.3 is 9.84 Å². The highest BCUT2D eigenvalue weighted by Gasteiger charge is 2.20. The monoisotopic (exact) mass is 216 g/mol. The highest BCUT2D eigenvalue weighted by atomic mass is 16.5. The fraction of sp³-hybridized carbons (Fsp3) is 0.900. The number of aliphatic carboxylic acids is 1. The number of carboxylic acids is 1. The molecule has 0 bridgehead atoms. The minimum absolute atomic E-state index is 0.0754. The Kier molecular flexibility index (Phi) is 5.01. The zero-order valence-electron chi connectivity index (χ0n) is 9.48. The second kappa shape index (κ2) is 6.05. The van der Waals surface area contributed by atoms with Crippen molar-refractivity contribution >= 4 is 5.97 Å². The molecule has 0 aliphatic carbocycles.